The molecule has 0 atom stereocenters. The minimum absolute atomic E-state index is 0.212. The van der Waals surface area contributed by atoms with E-state index in [2.05, 4.69) is 131 Å². The maximum atomic E-state index is 4.99. The Kier molecular flexibility index (Phi) is 20.2. The van der Waals surface area contributed by atoms with Crippen LogP contribution in [0.4, 0.5) is 0 Å². The molecular weight excluding hydrogens is 674 g/mol. The molecule has 0 aromatic heterocycles. The van der Waals surface area contributed by atoms with Crippen LogP contribution in [0, 0.1) is 0 Å². The molecule has 3 aromatic carbocycles. The molecule has 0 aliphatic carbocycles. The van der Waals surface area contributed by atoms with E-state index in [4.69, 9.17) is 28.6 Å². The van der Waals surface area contributed by atoms with Crippen molar-refractivity contribution in [2.24, 2.45) is 0 Å². The zero-order chi connectivity index (χ0) is 23.6. The average Bonchev–Trinajstić information content (AvgIpc) is 2.76. The second-order valence-electron chi connectivity index (χ2n) is 7.26. The fraction of sp³-hybridized carbons (Fsp3) is 0.250. The van der Waals surface area contributed by atoms with Crippen molar-refractivity contribution in [3.05, 3.63) is 91.0 Å². The molecular formula is C24H36Cl3P3Re+3. The zero-order valence-electron chi connectivity index (χ0n) is 19.2. The van der Waals surface area contributed by atoms with Crippen molar-refractivity contribution in [1.82, 2.24) is 0 Å². The van der Waals surface area contributed by atoms with Gasteiger partial charge in [0.1, 0.15) is 0 Å². The maximum absolute atomic E-state index is 4.99. The van der Waals surface area contributed by atoms with Crippen LogP contribution in [0.2, 0.25) is 0 Å². The number of halogens is 3. The van der Waals surface area contributed by atoms with Crippen molar-refractivity contribution < 1.29 is 13.7 Å². The third-order valence-corrected chi connectivity index (χ3v) is 8.52. The van der Waals surface area contributed by atoms with Crippen molar-refractivity contribution >= 4 is 68.3 Å². The van der Waals surface area contributed by atoms with Crippen molar-refractivity contribution in [3.8, 4) is 0 Å². The van der Waals surface area contributed by atoms with Gasteiger partial charge in [0.2, 0.25) is 0 Å². The predicted molar refractivity (Wildman–Crippen MR) is 156 cm³/mol. The van der Waals surface area contributed by atoms with Crippen molar-refractivity contribution in [2.75, 3.05) is 40.0 Å². The second kappa shape index (κ2) is 19.9. The molecule has 3 rings (SSSR count). The Bertz CT molecular complexity index is 666. The molecule has 7 heteroatoms. The van der Waals surface area contributed by atoms with E-state index in [0.29, 0.717) is 0 Å². The number of benzene rings is 3. The Morgan fingerprint density at radius 3 is 0.677 bits per heavy atom. The summed E-state index contributed by atoms with van der Waals surface area (Å²) in [6, 6.07) is 32.0. The van der Waals surface area contributed by atoms with Gasteiger partial charge in [-0.15, -0.1) is 0 Å². The van der Waals surface area contributed by atoms with Crippen LogP contribution in [-0.4, -0.2) is 40.0 Å². The van der Waals surface area contributed by atoms with Gasteiger partial charge in [-0.2, -0.15) is 0 Å². The summed E-state index contributed by atoms with van der Waals surface area (Å²) in [5.74, 6) is 0. The van der Waals surface area contributed by atoms with Crippen LogP contribution in [0.25, 0.3) is 0 Å². The summed E-state index contributed by atoms with van der Waals surface area (Å²) in [6.45, 7) is 13.8. The summed E-state index contributed by atoms with van der Waals surface area (Å²) in [4.78, 5) is 0. The van der Waals surface area contributed by atoms with Crippen LogP contribution >= 0.6 is 52.4 Å². The Morgan fingerprint density at radius 2 is 0.581 bits per heavy atom. The summed E-state index contributed by atoms with van der Waals surface area (Å²) >= 11 is -2.05. The van der Waals surface area contributed by atoms with Gasteiger partial charge >= 0.3 is 42.3 Å². The van der Waals surface area contributed by atoms with E-state index in [9.17, 15) is 0 Å². The molecule has 0 N–H and O–H groups in total. The molecule has 0 radical (unpaired) electrons. The SMILES string of the molecule is C[PH+](C)c1ccccc1.C[PH+](C)c1ccccc1.C[PH+](C)c1ccccc1.[Cl][Re]([Cl])[Cl]. The van der Waals surface area contributed by atoms with Crippen LogP contribution in [0.1, 0.15) is 0 Å². The van der Waals surface area contributed by atoms with Crippen molar-refractivity contribution in [1.29, 1.82) is 0 Å². The molecule has 0 bridgehead atoms. The van der Waals surface area contributed by atoms with Crippen molar-refractivity contribution in [2.45, 2.75) is 0 Å². The number of rotatable bonds is 3. The van der Waals surface area contributed by atoms with Crippen LogP contribution in [-0.2, 0) is 13.7 Å². The summed E-state index contributed by atoms with van der Waals surface area (Å²) in [7, 11) is 14.3. The van der Waals surface area contributed by atoms with Gasteiger partial charge in [0.15, 0.2) is 0 Å². The van der Waals surface area contributed by atoms with E-state index >= 15 is 0 Å². The van der Waals surface area contributed by atoms with Gasteiger partial charge in [-0.05, 0) is 36.4 Å². The number of hydrogen-bond donors (Lipinski definition) is 0. The summed E-state index contributed by atoms with van der Waals surface area (Å²) in [5, 5.41) is 4.55. The van der Waals surface area contributed by atoms with E-state index in [1.807, 2.05) is 0 Å². The van der Waals surface area contributed by atoms with Gasteiger partial charge in [0, 0.05) is 23.8 Å². The quantitative estimate of drug-likeness (QED) is 0.249. The second-order valence-corrected chi connectivity index (χ2v) is 26.8. The normalized spacial score (nSPS) is 10.3. The molecule has 0 nitrogen and oxygen atoms in total. The minimum atomic E-state index is -2.05. The summed E-state index contributed by atoms with van der Waals surface area (Å²) in [5.41, 5.74) is 0. The van der Waals surface area contributed by atoms with Crippen molar-refractivity contribution in [3.63, 3.8) is 0 Å². The van der Waals surface area contributed by atoms with Gasteiger partial charge in [-0.1, -0.05) is 54.6 Å². The molecule has 0 aliphatic rings. The fourth-order valence-electron chi connectivity index (χ4n) is 2.31. The molecule has 0 saturated heterocycles. The first-order chi connectivity index (χ1) is 14.6. The number of hydrogen-bond acceptors (Lipinski definition) is 0. The predicted octanol–water partition coefficient (Wildman–Crippen LogP) is 7.42. The first-order valence-corrected chi connectivity index (χ1v) is 27.5. The van der Waals surface area contributed by atoms with Gasteiger partial charge < -0.3 is 0 Å². The van der Waals surface area contributed by atoms with Gasteiger partial charge in [0.25, 0.3) is 0 Å². The summed E-state index contributed by atoms with van der Waals surface area (Å²) < 4.78 is 0. The van der Waals surface area contributed by atoms with Crippen LogP contribution in [0.15, 0.2) is 91.0 Å². The Hall–Kier alpha value is 0.482. The topological polar surface area (TPSA) is 0 Å². The Morgan fingerprint density at radius 1 is 0.419 bits per heavy atom. The molecule has 172 valence electrons. The standard InChI is InChI=1S/3C8H11P.3ClH.Re/c3*1-9(2)8-6-4-3-5-7-8;;;;/h3*3-7H,1-2H3;3*1H;/q;;;;;;+3. The third-order valence-electron chi connectivity index (χ3n) is 4.05. The Labute approximate surface area is 211 Å². The van der Waals surface area contributed by atoms with E-state index < -0.39 is 13.7 Å². The van der Waals surface area contributed by atoms with Crippen LogP contribution < -0.4 is 15.9 Å². The fourth-order valence-corrected chi connectivity index (χ4v) is 4.89. The molecule has 0 unspecified atom stereocenters. The monoisotopic (exact) mass is 709 g/mol. The third kappa shape index (κ3) is 18.6. The average molecular weight is 710 g/mol. The first-order valence-electron chi connectivity index (χ1n) is 9.91. The van der Waals surface area contributed by atoms with Gasteiger partial charge in [-0.3, -0.25) is 0 Å². The van der Waals surface area contributed by atoms with E-state index in [1.165, 1.54) is 15.9 Å². The summed E-state index contributed by atoms with van der Waals surface area (Å²) in [6.07, 6.45) is 0. The zero-order valence-corrected chi connectivity index (χ0v) is 27.2. The first kappa shape index (κ1) is 31.5. The van der Waals surface area contributed by atoms with E-state index in [1.54, 1.807) is 0 Å². The van der Waals surface area contributed by atoms with E-state index in [0.717, 1.165) is 0 Å². The molecule has 0 heterocycles. The molecule has 0 spiro atoms. The molecule has 0 fully saturated rings. The molecule has 3 aromatic rings. The van der Waals surface area contributed by atoms with Gasteiger partial charge in [0.05, 0.1) is 55.9 Å². The van der Waals surface area contributed by atoms with Gasteiger partial charge in [-0.25, -0.2) is 0 Å². The van der Waals surface area contributed by atoms with Crippen LogP contribution in [0.3, 0.4) is 0 Å². The van der Waals surface area contributed by atoms with E-state index in [-0.39, 0.29) is 23.8 Å². The Balaban J connectivity index is 0.000000402. The molecule has 0 aliphatic heterocycles. The molecule has 0 saturated carbocycles. The van der Waals surface area contributed by atoms with Crippen LogP contribution in [0.5, 0.6) is 0 Å². The molecule has 0 amide bonds. The molecule has 31 heavy (non-hydrogen) atoms.